The van der Waals surface area contributed by atoms with E-state index in [0.717, 1.165) is 61.3 Å². The van der Waals surface area contributed by atoms with Crippen molar-refractivity contribution in [2.24, 2.45) is 0 Å². The molecule has 7 heteroatoms. The van der Waals surface area contributed by atoms with E-state index in [1.807, 2.05) is 18.2 Å². The van der Waals surface area contributed by atoms with Gasteiger partial charge in [-0.1, -0.05) is 12.1 Å². The first-order valence-electron chi connectivity index (χ1n) is 12.9. The Morgan fingerprint density at radius 1 is 1.17 bits per heavy atom. The van der Waals surface area contributed by atoms with Gasteiger partial charge in [0.2, 0.25) is 0 Å². The van der Waals surface area contributed by atoms with Gasteiger partial charge in [0.25, 0.3) is 5.91 Å². The third-order valence-corrected chi connectivity index (χ3v) is 7.72. The third kappa shape index (κ3) is 5.14. The molecule has 192 valence electrons. The summed E-state index contributed by atoms with van der Waals surface area (Å²) >= 11 is 0. The predicted octanol–water partition coefficient (Wildman–Crippen LogP) is 4.45. The second-order valence-corrected chi connectivity index (χ2v) is 10.3. The highest BCUT2D eigenvalue weighted by atomic mass is 16.5. The van der Waals surface area contributed by atoms with E-state index in [0.29, 0.717) is 25.0 Å². The number of likely N-dealkylation sites (tertiary alicyclic amines) is 1. The number of fused-ring (bicyclic) bond motifs is 1. The monoisotopic (exact) mass is 492 g/mol. The van der Waals surface area contributed by atoms with Crippen molar-refractivity contribution in [2.45, 2.75) is 57.8 Å². The first kappa shape index (κ1) is 24.8. The SMILES string of the molecule is COc1cc(C)c(CN2CCC(O)(c3ccc4oc(C(=O)NC[C@@H]5CCCO5)cc4c3)CC2)cc1C. The number of hydrogen-bond acceptors (Lipinski definition) is 6. The van der Waals surface area contributed by atoms with Crippen LogP contribution in [-0.2, 0) is 16.9 Å². The van der Waals surface area contributed by atoms with Crippen LogP contribution in [0.4, 0.5) is 0 Å². The average Bonchev–Trinajstić information content (AvgIpc) is 3.55. The van der Waals surface area contributed by atoms with E-state index >= 15 is 0 Å². The molecule has 3 aromatic rings. The molecule has 2 aliphatic rings. The van der Waals surface area contributed by atoms with Crippen molar-refractivity contribution in [2.75, 3.05) is 33.4 Å². The molecule has 0 aliphatic carbocycles. The Hall–Kier alpha value is -2.87. The fourth-order valence-electron chi connectivity index (χ4n) is 5.39. The molecule has 0 unspecified atom stereocenters. The lowest BCUT2D eigenvalue weighted by molar-refractivity contribution is -0.0276. The molecule has 36 heavy (non-hydrogen) atoms. The van der Waals surface area contributed by atoms with Gasteiger partial charge in [-0.05, 0) is 86.1 Å². The molecule has 0 bridgehead atoms. The molecule has 0 saturated carbocycles. The maximum atomic E-state index is 12.6. The number of rotatable bonds is 7. The topological polar surface area (TPSA) is 84.2 Å². The summed E-state index contributed by atoms with van der Waals surface area (Å²) in [7, 11) is 1.70. The number of furan rings is 1. The van der Waals surface area contributed by atoms with Gasteiger partial charge in [-0.15, -0.1) is 0 Å². The lowest BCUT2D eigenvalue weighted by Crippen LogP contribution is -2.42. The molecular weight excluding hydrogens is 456 g/mol. The summed E-state index contributed by atoms with van der Waals surface area (Å²) in [4.78, 5) is 15.0. The van der Waals surface area contributed by atoms with E-state index in [-0.39, 0.29) is 17.8 Å². The molecule has 2 fully saturated rings. The van der Waals surface area contributed by atoms with E-state index in [4.69, 9.17) is 13.9 Å². The first-order chi connectivity index (χ1) is 17.3. The van der Waals surface area contributed by atoms with E-state index in [1.54, 1.807) is 13.2 Å². The van der Waals surface area contributed by atoms with Gasteiger partial charge in [-0.2, -0.15) is 0 Å². The van der Waals surface area contributed by atoms with Crippen molar-refractivity contribution >= 4 is 16.9 Å². The molecule has 1 atom stereocenters. The molecule has 2 N–H and O–H groups in total. The summed E-state index contributed by atoms with van der Waals surface area (Å²) in [5.41, 5.74) is 4.28. The Balaban J connectivity index is 1.23. The summed E-state index contributed by atoms with van der Waals surface area (Å²) in [6, 6.07) is 11.8. The highest BCUT2D eigenvalue weighted by Crippen LogP contribution is 2.36. The number of benzene rings is 2. The van der Waals surface area contributed by atoms with Crippen molar-refractivity contribution in [1.29, 1.82) is 0 Å². The number of hydrogen-bond donors (Lipinski definition) is 2. The maximum Gasteiger partial charge on any atom is 0.287 e. The van der Waals surface area contributed by atoms with Gasteiger partial charge in [0.1, 0.15) is 11.3 Å². The number of aliphatic hydroxyl groups is 1. The molecule has 2 aromatic carbocycles. The van der Waals surface area contributed by atoms with Crippen LogP contribution in [0.25, 0.3) is 11.0 Å². The van der Waals surface area contributed by atoms with Gasteiger partial charge >= 0.3 is 0 Å². The van der Waals surface area contributed by atoms with Crippen molar-refractivity contribution in [3.63, 3.8) is 0 Å². The quantitative estimate of drug-likeness (QED) is 0.507. The number of carbonyl (C=O) groups is 1. The fraction of sp³-hybridized carbons (Fsp3) is 0.483. The zero-order valence-corrected chi connectivity index (χ0v) is 21.4. The van der Waals surface area contributed by atoms with Crippen LogP contribution >= 0.6 is 0 Å². The van der Waals surface area contributed by atoms with E-state index in [2.05, 4.69) is 36.2 Å². The summed E-state index contributed by atoms with van der Waals surface area (Å²) in [5, 5.41) is 15.2. The number of piperidine rings is 1. The highest BCUT2D eigenvalue weighted by molar-refractivity contribution is 5.96. The first-order valence-corrected chi connectivity index (χ1v) is 12.9. The minimum Gasteiger partial charge on any atom is -0.496 e. The van der Waals surface area contributed by atoms with Gasteiger partial charge in [0, 0.05) is 38.2 Å². The van der Waals surface area contributed by atoms with E-state index in [1.165, 1.54) is 11.1 Å². The van der Waals surface area contributed by atoms with Crippen LogP contribution in [0.1, 0.15) is 58.5 Å². The Kier molecular flexibility index (Phi) is 7.06. The second kappa shape index (κ2) is 10.2. The Morgan fingerprint density at radius 2 is 1.97 bits per heavy atom. The van der Waals surface area contributed by atoms with Crippen molar-refractivity contribution < 1.29 is 23.8 Å². The summed E-state index contributed by atoms with van der Waals surface area (Å²) in [5.74, 6) is 0.966. The van der Waals surface area contributed by atoms with Crippen LogP contribution < -0.4 is 10.1 Å². The lowest BCUT2D eigenvalue weighted by Gasteiger charge is -2.38. The molecule has 1 aromatic heterocycles. The summed E-state index contributed by atoms with van der Waals surface area (Å²) < 4.78 is 16.8. The van der Waals surface area contributed by atoms with Crippen LogP contribution in [-0.4, -0.2) is 55.4 Å². The van der Waals surface area contributed by atoms with Gasteiger partial charge in [0.15, 0.2) is 5.76 Å². The van der Waals surface area contributed by atoms with Crippen molar-refractivity contribution in [3.8, 4) is 5.75 Å². The third-order valence-electron chi connectivity index (χ3n) is 7.72. The smallest absolute Gasteiger partial charge is 0.287 e. The zero-order chi connectivity index (χ0) is 25.3. The van der Waals surface area contributed by atoms with Crippen molar-refractivity contribution in [3.05, 3.63) is 64.4 Å². The van der Waals surface area contributed by atoms with Crippen LogP contribution in [0.15, 0.2) is 40.8 Å². The number of amides is 1. The normalized spacial score (nSPS) is 20.1. The van der Waals surface area contributed by atoms with Gasteiger partial charge in [-0.3, -0.25) is 9.69 Å². The Labute approximate surface area is 212 Å². The molecular formula is C29H36N2O5. The van der Waals surface area contributed by atoms with E-state index in [9.17, 15) is 9.90 Å². The fourth-order valence-corrected chi connectivity index (χ4v) is 5.39. The molecule has 2 saturated heterocycles. The molecule has 0 spiro atoms. The summed E-state index contributed by atoms with van der Waals surface area (Å²) in [6.07, 6.45) is 3.40. The molecule has 2 aliphatic heterocycles. The van der Waals surface area contributed by atoms with Gasteiger partial charge in [-0.25, -0.2) is 0 Å². The minimum absolute atomic E-state index is 0.0858. The summed E-state index contributed by atoms with van der Waals surface area (Å²) in [6.45, 7) is 7.92. The largest absolute Gasteiger partial charge is 0.496 e. The Bertz CT molecular complexity index is 1240. The number of carbonyl (C=O) groups excluding carboxylic acids is 1. The van der Waals surface area contributed by atoms with Crippen LogP contribution in [0.2, 0.25) is 0 Å². The van der Waals surface area contributed by atoms with Crippen LogP contribution in [0.3, 0.4) is 0 Å². The number of nitrogens with one attached hydrogen (secondary N) is 1. The number of aryl methyl sites for hydroxylation is 2. The predicted molar refractivity (Wildman–Crippen MR) is 138 cm³/mol. The van der Waals surface area contributed by atoms with E-state index < -0.39 is 5.60 Å². The molecule has 1 amide bonds. The van der Waals surface area contributed by atoms with Gasteiger partial charge < -0.3 is 24.3 Å². The highest BCUT2D eigenvalue weighted by Gasteiger charge is 2.34. The maximum absolute atomic E-state index is 12.6. The molecule has 0 radical (unpaired) electrons. The standard InChI is InChI=1S/C29H36N2O5/c1-19-14-26(34-3)20(2)13-22(19)18-31-10-8-29(33,9-11-31)23-6-7-25-21(15-23)16-27(36-25)28(32)30-17-24-5-4-12-35-24/h6-7,13-16,24,33H,4-5,8-12,17-18H2,1-3H3,(H,30,32)/t24-/m0/s1. The van der Waals surface area contributed by atoms with Gasteiger partial charge in [0.05, 0.1) is 18.8 Å². The minimum atomic E-state index is -0.894. The molecule has 7 nitrogen and oxygen atoms in total. The van der Waals surface area contributed by atoms with Crippen LogP contribution in [0.5, 0.6) is 5.75 Å². The zero-order valence-electron chi connectivity index (χ0n) is 21.4. The van der Waals surface area contributed by atoms with Crippen LogP contribution in [0, 0.1) is 13.8 Å². The second-order valence-electron chi connectivity index (χ2n) is 10.3. The average molecular weight is 493 g/mol. The Morgan fingerprint density at radius 3 is 2.69 bits per heavy atom. The number of nitrogens with zero attached hydrogens (tertiary/aromatic N) is 1. The number of ether oxygens (including phenoxy) is 2. The molecule has 3 heterocycles. The molecule has 5 rings (SSSR count). The number of methoxy groups -OCH3 is 1. The lowest BCUT2D eigenvalue weighted by atomic mass is 9.84. The van der Waals surface area contributed by atoms with Crippen molar-refractivity contribution in [1.82, 2.24) is 10.2 Å².